The first-order valence-corrected chi connectivity index (χ1v) is 15.9. The molecule has 0 saturated heterocycles. The van der Waals surface area contributed by atoms with Crippen molar-refractivity contribution in [3.63, 3.8) is 0 Å². The fourth-order valence-electron chi connectivity index (χ4n) is 2.45. The zero-order valence-electron chi connectivity index (χ0n) is 24.3. The molecular weight excluding hydrogens is 628 g/mol. The van der Waals surface area contributed by atoms with Crippen molar-refractivity contribution in [2.24, 2.45) is 11.5 Å². The summed E-state index contributed by atoms with van der Waals surface area (Å²) in [5, 5.41) is 3.03. The first-order valence-electron chi connectivity index (χ1n) is 11.6. The molecule has 0 atom stereocenters. The molecule has 0 aliphatic carbocycles. The van der Waals surface area contributed by atoms with E-state index in [0.29, 0.717) is 13.1 Å². The molecule has 0 saturated carbocycles. The molecule has 0 unspecified atom stereocenters. The number of hydrogen-bond donors (Lipinski definition) is 4. The van der Waals surface area contributed by atoms with Crippen LogP contribution in [0.4, 0.5) is 0 Å². The van der Waals surface area contributed by atoms with Crippen LogP contribution in [0.25, 0.3) is 0 Å². The maximum Gasteiger partial charge on any atom is 1.00 e. The molecule has 0 bridgehead atoms. The minimum atomic E-state index is -4.27. The number of hydrogen-bond acceptors (Lipinski definition) is 11. The van der Waals surface area contributed by atoms with Gasteiger partial charge in [-0.3, -0.25) is 4.55 Å². The zero-order chi connectivity index (χ0) is 31.0. The summed E-state index contributed by atoms with van der Waals surface area (Å²) in [6.07, 6.45) is 0. The normalized spacial score (nSPS) is 10.6. The molecule has 12 nitrogen and oxygen atoms in total. The van der Waals surface area contributed by atoms with Crippen molar-refractivity contribution >= 4 is 30.4 Å². The van der Waals surface area contributed by atoms with Crippen molar-refractivity contribution in [2.45, 2.75) is 35.5 Å². The molecule has 0 spiro atoms. The van der Waals surface area contributed by atoms with Crippen molar-refractivity contribution < 1.29 is 98.0 Å². The van der Waals surface area contributed by atoms with Crippen molar-refractivity contribution in [3.8, 4) is 0 Å². The second kappa shape index (κ2) is 22.7. The van der Waals surface area contributed by atoms with Crippen LogP contribution < -0.4 is 75.9 Å². The summed E-state index contributed by atoms with van der Waals surface area (Å²) in [4.78, 5) is -0.422. The fourth-order valence-corrected chi connectivity index (χ4v) is 3.87. The van der Waals surface area contributed by atoms with E-state index in [1.54, 1.807) is 36.4 Å². The van der Waals surface area contributed by atoms with Gasteiger partial charge in [0.15, 0.2) is 0 Å². The van der Waals surface area contributed by atoms with E-state index in [-0.39, 0.29) is 73.8 Å². The monoisotopic (exact) mass is 663 g/mol. The van der Waals surface area contributed by atoms with Gasteiger partial charge in [0.05, 0.1) is 14.7 Å². The summed E-state index contributed by atoms with van der Waals surface area (Å²) in [6.45, 7) is 8.62. The fraction of sp³-hybridized carbons (Fsp3) is 0.280. The van der Waals surface area contributed by atoms with E-state index in [0.717, 1.165) is 29.8 Å². The molecule has 0 aliphatic heterocycles. The van der Waals surface area contributed by atoms with Crippen LogP contribution in [0.3, 0.4) is 0 Å². The van der Waals surface area contributed by atoms with Crippen LogP contribution >= 0.6 is 0 Å². The molecule has 0 heterocycles. The van der Waals surface area contributed by atoms with Crippen molar-refractivity contribution in [1.29, 1.82) is 0 Å². The second-order valence-electron chi connectivity index (χ2n) is 8.15. The van der Waals surface area contributed by atoms with Crippen LogP contribution in [0, 0.1) is 20.8 Å². The average molecular weight is 664 g/mol. The summed E-state index contributed by atoms with van der Waals surface area (Å²) < 4.78 is 91.9. The Morgan fingerprint density at radius 3 is 1.00 bits per heavy atom. The van der Waals surface area contributed by atoms with Crippen molar-refractivity contribution in [3.05, 3.63) is 89.5 Å². The number of aryl methyl sites for hydroxylation is 3. The summed E-state index contributed by atoms with van der Waals surface area (Å²) in [6, 6.07) is 17.6. The number of rotatable bonds is 7. The Morgan fingerprint density at radius 1 is 0.571 bits per heavy atom. The quantitative estimate of drug-likeness (QED) is 0.107. The number of benzene rings is 3. The molecule has 224 valence electrons. The van der Waals surface area contributed by atoms with Gasteiger partial charge in [-0.25, -0.2) is 16.8 Å². The van der Waals surface area contributed by atoms with Crippen LogP contribution in [-0.2, 0) is 30.4 Å². The molecular formula is C25H35N3Na2O9S3. The zero-order valence-corrected chi connectivity index (χ0v) is 30.8. The summed E-state index contributed by atoms with van der Waals surface area (Å²) in [5.74, 6) is 0. The topological polar surface area (TPSA) is 233 Å². The summed E-state index contributed by atoms with van der Waals surface area (Å²) in [5.41, 5.74) is 13.1. The average Bonchev–Trinajstić information content (AvgIpc) is 2.85. The van der Waals surface area contributed by atoms with Gasteiger partial charge in [0.25, 0.3) is 10.1 Å². The Hall–Kier alpha value is -0.730. The molecule has 0 fully saturated rings. The molecule has 17 heteroatoms. The van der Waals surface area contributed by atoms with Gasteiger partial charge in [-0.15, -0.1) is 0 Å². The van der Waals surface area contributed by atoms with E-state index in [9.17, 15) is 34.4 Å². The van der Waals surface area contributed by atoms with E-state index < -0.39 is 30.4 Å². The van der Waals surface area contributed by atoms with Gasteiger partial charge in [0, 0.05) is 26.2 Å². The van der Waals surface area contributed by atoms with Crippen LogP contribution in [0.1, 0.15) is 16.7 Å². The SMILES string of the molecule is Cc1ccc(S(=O)(=O)O)cc1.Cc1ccc(S(=O)(=O)[O-])cc1.Cc1ccc(S(=O)(=O)[O-])cc1.NCCNCCN.[Na+].[Na+]. The molecule has 0 radical (unpaired) electrons. The maximum absolute atomic E-state index is 10.5. The summed E-state index contributed by atoms with van der Waals surface area (Å²) >= 11 is 0. The third kappa shape index (κ3) is 21.9. The van der Waals surface area contributed by atoms with Gasteiger partial charge in [-0.1, -0.05) is 53.1 Å². The minimum Gasteiger partial charge on any atom is -0.744 e. The smallest absolute Gasteiger partial charge is 0.744 e. The molecule has 0 aliphatic rings. The van der Waals surface area contributed by atoms with Gasteiger partial charge in [0.1, 0.15) is 20.2 Å². The summed E-state index contributed by atoms with van der Waals surface area (Å²) in [7, 11) is -12.6. The van der Waals surface area contributed by atoms with E-state index in [2.05, 4.69) is 5.32 Å². The largest absolute Gasteiger partial charge is 1.00 e. The number of nitrogens with one attached hydrogen (secondary N) is 1. The first-order chi connectivity index (χ1) is 18.4. The molecule has 42 heavy (non-hydrogen) atoms. The van der Waals surface area contributed by atoms with Crippen molar-refractivity contribution in [2.75, 3.05) is 26.2 Å². The minimum absolute atomic E-state index is 0. The van der Waals surface area contributed by atoms with E-state index in [1.807, 2.05) is 20.8 Å². The molecule has 3 aromatic carbocycles. The van der Waals surface area contributed by atoms with Crippen LogP contribution in [0.15, 0.2) is 87.5 Å². The Kier molecular flexibility index (Phi) is 24.7. The number of nitrogens with two attached hydrogens (primary N) is 2. The molecule has 0 amide bonds. The van der Waals surface area contributed by atoms with E-state index in [4.69, 9.17) is 16.0 Å². The second-order valence-corrected chi connectivity index (χ2v) is 12.3. The standard InChI is InChI=1S/3C7H8O3S.C4H13N3.2Na/c3*1-6-2-4-7(5-3-6)11(8,9)10;5-1-3-7-4-2-6;;/h3*2-5H,1H3,(H,8,9,10);7H,1-6H2;;/q;;;;2*+1/p-2. The molecule has 6 N–H and O–H groups in total. The van der Waals surface area contributed by atoms with Gasteiger partial charge < -0.3 is 25.9 Å². The van der Waals surface area contributed by atoms with Gasteiger partial charge in [0.2, 0.25) is 0 Å². The Labute approximate surface area is 293 Å². The van der Waals surface area contributed by atoms with E-state index >= 15 is 0 Å². The van der Waals surface area contributed by atoms with Gasteiger partial charge in [-0.2, -0.15) is 8.42 Å². The molecule has 3 aromatic rings. The van der Waals surface area contributed by atoms with Crippen molar-refractivity contribution in [1.82, 2.24) is 5.32 Å². The molecule has 0 aromatic heterocycles. The predicted molar refractivity (Wildman–Crippen MR) is 150 cm³/mol. The van der Waals surface area contributed by atoms with Crippen LogP contribution in [0.2, 0.25) is 0 Å². The third-order valence-electron chi connectivity index (χ3n) is 4.58. The van der Waals surface area contributed by atoms with Gasteiger partial charge >= 0.3 is 59.1 Å². The predicted octanol–water partition coefficient (Wildman–Crippen LogP) is -4.46. The Balaban J connectivity index is -0.000000482. The third-order valence-corrected chi connectivity index (χ3v) is 7.15. The van der Waals surface area contributed by atoms with E-state index in [1.165, 1.54) is 36.4 Å². The molecule has 3 rings (SSSR count). The van der Waals surface area contributed by atoms with Crippen LogP contribution in [0.5, 0.6) is 0 Å². The first kappa shape index (κ1) is 45.7. The maximum atomic E-state index is 10.5. The van der Waals surface area contributed by atoms with Gasteiger partial charge in [-0.05, 0) is 57.2 Å². The Morgan fingerprint density at radius 2 is 0.810 bits per heavy atom. The van der Waals surface area contributed by atoms with Crippen LogP contribution in [-0.4, -0.2) is 65.1 Å². The Bertz CT molecular complexity index is 1290.